The van der Waals surface area contributed by atoms with Gasteiger partial charge in [0.05, 0.1) is 6.26 Å². The van der Waals surface area contributed by atoms with Crippen molar-refractivity contribution in [2.75, 3.05) is 0 Å². The van der Waals surface area contributed by atoms with E-state index in [4.69, 9.17) is 10.2 Å². The molecule has 0 radical (unpaired) electrons. The van der Waals surface area contributed by atoms with Crippen molar-refractivity contribution in [2.45, 2.75) is 19.4 Å². The first kappa shape index (κ1) is 8.08. The Morgan fingerprint density at radius 2 is 2.55 bits per heavy atom. The first-order chi connectivity index (χ1) is 5.29. The van der Waals surface area contributed by atoms with Crippen LogP contribution in [-0.2, 0) is 0 Å². The van der Waals surface area contributed by atoms with Crippen molar-refractivity contribution in [2.24, 2.45) is 5.73 Å². The number of hydrogen-bond acceptors (Lipinski definition) is 2. The zero-order chi connectivity index (χ0) is 8.10. The molecule has 60 valence electrons. The predicted molar refractivity (Wildman–Crippen MR) is 46.0 cm³/mol. The molecule has 1 heterocycles. The first-order valence-electron chi connectivity index (χ1n) is 3.74. The van der Waals surface area contributed by atoms with E-state index in [0.717, 1.165) is 12.2 Å². The molecule has 0 bridgehead atoms. The topological polar surface area (TPSA) is 39.2 Å². The van der Waals surface area contributed by atoms with Crippen LogP contribution in [0.15, 0.2) is 28.9 Å². The van der Waals surface area contributed by atoms with E-state index in [-0.39, 0.29) is 6.04 Å². The van der Waals surface area contributed by atoms with Crippen LogP contribution in [-0.4, -0.2) is 6.04 Å². The summed E-state index contributed by atoms with van der Waals surface area (Å²) >= 11 is 0. The molecular weight excluding hydrogens is 138 g/mol. The summed E-state index contributed by atoms with van der Waals surface area (Å²) in [6.45, 7) is 1.98. The van der Waals surface area contributed by atoms with Crippen LogP contribution in [0.1, 0.15) is 19.1 Å². The zero-order valence-electron chi connectivity index (χ0n) is 6.66. The van der Waals surface area contributed by atoms with Gasteiger partial charge < -0.3 is 10.2 Å². The highest BCUT2D eigenvalue weighted by atomic mass is 16.3. The van der Waals surface area contributed by atoms with Crippen LogP contribution in [0.4, 0.5) is 0 Å². The maximum atomic E-state index is 5.55. The van der Waals surface area contributed by atoms with E-state index in [1.807, 2.05) is 31.2 Å². The Labute approximate surface area is 66.7 Å². The Balaban J connectivity index is 2.37. The molecule has 0 aliphatic heterocycles. The summed E-state index contributed by atoms with van der Waals surface area (Å²) in [6.07, 6.45) is 6.50. The first-order valence-corrected chi connectivity index (χ1v) is 3.74. The molecule has 11 heavy (non-hydrogen) atoms. The lowest BCUT2D eigenvalue weighted by molar-refractivity contribution is 0.556. The van der Waals surface area contributed by atoms with Crippen LogP contribution in [0.5, 0.6) is 0 Å². The van der Waals surface area contributed by atoms with Crippen molar-refractivity contribution in [3.05, 3.63) is 30.2 Å². The molecule has 1 aromatic heterocycles. The molecule has 2 N–H and O–H groups in total. The summed E-state index contributed by atoms with van der Waals surface area (Å²) in [5, 5.41) is 0. The lowest BCUT2D eigenvalue weighted by atomic mass is 10.2. The van der Waals surface area contributed by atoms with Crippen molar-refractivity contribution in [1.29, 1.82) is 0 Å². The molecule has 0 saturated heterocycles. The van der Waals surface area contributed by atoms with Crippen molar-refractivity contribution in [3.63, 3.8) is 0 Å². The van der Waals surface area contributed by atoms with Gasteiger partial charge in [-0.3, -0.25) is 0 Å². The second-order valence-electron chi connectivity index (χ2n) is 2.63. The summed E-state index contributed by atoms with van der Waals surface area (Å²) < 4.78 is 5.09. The van der Waals surface area contributed by atoms with E-state index >= 15 is 0 Å². The fraction of sp³-hybridized carbons (Fsp3) is 0.333. The number of hydrogen-bond donors (Lipinski definition) is 1. The average Bonchev–Trinajstić information content (AvgIpc) is 2.39. The molecule has 0 amide bonds. The number of furan rings is 1. The third kappa shape index (κ3) is 3.05. The molecule has 1 aromatic rings. The number of nitrogens with two attached hydrogens (primary N) is 1. The van der Waals surface area contributed by atoms with Crippen molar-refractivity contribution < 1.29 is 4.42 Å². The molecule has 0 spiro atoms. The Kier molecular flexibility index (Phi) is 2.93. The standard InChI is InChI=1S/C9H13NO/c1-8(10)4-2-5-9-6-3-7-11-9/h2-3,5-8H,4,10H2,1H3/b5-2+. The zero-order valence-corrected chi connectivity index (χ0v) is 6.66. The van der Waals surface area contributed by atoms with Crippen LogP contribution in [0.25, 0.3) is 6.08 Å². The van der Waals surface area contributed by atoms with Crippen molar-refractivity contribution in [1.82, 2.24) is 0 Å². The Hall–Kier alpha value is -1.02. The minimum absolute atomic E-state index is 0.223. The Bertz CT molecular complexity index is 211. The largest absolute Gasteiger partial charge is 0.465 e. The molecule has 1 unspecified atom stereocenters. The fourth-order valence-corrected chi connectivity index (χ4v) is 0.785. The van der Waals surface area contributed by atoms with Gasteiger partial charge in [0.25, 0.3) is 0 Å². The van der Waals surface area contributed by atoms with Gasteiger partial charge in [0.2, 0.25) is 0 Å². The summed E-state index contributed by atoms with van der Waals surface area (Å²) in [4.78, 5) is 0. The molecule has 1 atom stereocenters. The summed E-state index contributed by atoms with van der Waals surface area (Å²) in [5.74, 6) is 0.880. The van der Waals surface area contributed by atoms with Gasteiger partial charge in [0.15, 0.2) is 0 Å². The van der Waals surface area contributed by atoms with Crippen molar-refractivity contribution in [3.8, 4) is 0 Å². The molecule has 0 saturated carbocycles. The molecule has 0 aliphatic carbocycles. The quantitative estimate of drug-likeness (QED) is 0.717. The predicted octanol–water partition coefficient (Wildman–Crippen LogP) is 2.03. The van der Waals surface area contributed by atoms with Gasteiger partial charge in [-0.15, -0.1) is 0 Å². The van der Waals surface area contributed by atoms with Gasteiger partial charge in [-0.25, -0.2) is 0 Å². The smallest absolute Gasteiger partial charge is 0.126 e. The Morgan fingerprint density at radius 3 is 3.09 bits per heavy atom. The van der Waals surface area contributed by atoms with E-state index in [1.165, 1.54) is 0 Å². The lowest BCUT2D eigenvalue weighted by Crippen LogP contribution is -2.12. The van der Waals surface area contributed by atoms with E-state index in [2.05, 4.69) is 0 Å². The Morgan fingerprint density at radius 1 is 1.73 bits per heavy atom. The third-order valence-corrected chi connectivity index (χ3v) is 1.33. The molecule has 0 aromatic carbocycles. The summed E-state index contributed by atoms with van der Waals surface area (Å²) in [5.41, 5.74) is 5.55. The van der Waals surface area contributed by atoms with Crippen molar-refractivity contribution >= 4 is 6.08 Å². The second kappa shape index (κ2) is 3.98. The monoisotopic (exact) mass is 151 g/mol. The van der Waals surface area contributed by atoms with Crippen LogP contribution >= 0.6 is 0 Å². The average molecular weight is 151 g/mol. The third-order valence-electron chi connectivity index (χ3n) is 1.33. The normalized spacial score (nSPS) is 14.0. The highest BCUT2D eigenvalue weighted by Gasteiger charge is 1.89. The highest BCUT2D eigenvalue weighted by Crippen LogP contribution is 2.03. The number of rotatable bonds is 3. The maximum absolute atomic E-state index is 5.55. The van der Waals surface area contributed by atoms with Gasteiger partial charge in [0.1, 0.15) is 5.76 Å². The van der Waals surface area contributed by atoms with Gasteiger partial charge in [-0.05, 0) is 31.6 Å². The summed E-state index contributed by atoms with van der Waals surface area (Å²) in [6, 6.07) is 4.00. The van der Waals surface area contributed by atoms with E-state index in [9.17, 15) is 0 Å². The van der Waals surface area contributed by atoms with Gasteiger partial charge in [-0.2, -0.15) is 0 Å². The molecule has 0 aliphatic rings. The molecule has 2 heteroatoms. The molecule has 2 nitrogen and oxygen atoms in total. The summed E-state index contributed by atoms with van der Waals surface area (Å²) in [7, 11) is 0. The SMILES string of the molecule is CC(N)C/C=C/c1ccco1. The van der Waals surface area contributed by atoms with Gasteiger partial charge >= 0.3 is 0 Å². The lowest BCUT2D eigenvalue weighted by Gasteiger charge is -1.95. The second-order valence-corrected chi connectivity index (χ2v) is 2.63. The maximum Gasteiger partial charge on any atom is 0.126 e. The fourth-order valence-electron chi connectivity index (χ4n) is 0.785. The van der Waals surface area contributed by atoms with Crippen LogP contribution < -0.4 is 5.73 Å². The van der Waals surface area contributed by atoms with Crippen LogP contribution in [0.2, 0.25) is 0 Å². The molecule has 1 rings (SSSR count). The minimum Gasteiger partial charge on any atom is -0.465 e. The van der Waals surface area contributed by atoms with E-state index in [1.54, 1.807) is 6.26 Å². The van der Waals surface area contributed by atoms with Crippen LogP contribution in [0.3, 0.4) is 0 Å². The highest BCUT2D eigenvalue weighted by molar-refractivity contribution is 5.41. The van der Waals surface area contributed by atoms with E-state index < -0.39 is 0 Å². The minimum atomic E-state index is 0.223. The molecular formula is C9H13NO. The molecule has 0 fully saturated rings. The van der Waals surface area contributed by atoms with Gasteiger partial charge in [0, 0.05) is 6.04 Å². The van der Waals surface area contributed by atoms with Gasteiger partial charge in [-0.1, -0.05) is 6.08 Å². The van der Waals surface area contributed by atoms with E-state index in [0.29, 0.717) is 0 Å². The van der Waals surface area contributed by atoms with Crippen LogP contribution in [0, 0.1) is 0 Å².